The van der Waals surface area contributed by atoms with Crippen LogP contribution in [0.2, 0.25) is 0 Å². The Balaban J connectivity index is 2.19. The van der Waals surface area contributed by atoms with Crippen molar-refractivity contribution in [3.05, 3.63) is 0 Å². The van der Waals surface area contributed by atoms with E-state index in [-0.39, 0.29) is 24.5 Å². The minimum Gasteiger partial charge on any atom is -0.350 e. The first-order valence-electron chi connectivity index (χ1n) is 6.49. The summed E-state index contributed by atoms with van der Waals surface area (Å²) in [6.07, 6.45) is 2.13. The van der Waals surface area contributed by atoms with Crippen LogP contribution in [-0.4, -0.2) is 68.1 Å². The third-order valence-corrected chi connectivity index (χ3v) is 2.98. The summed E-state index contributed by atoms with van der Waals surface area (Å²) in [7, 11) is 3.29. The summed E-state index contributed by atoms with van der Waals surface area (Å²) in [5, 5.41) is 5.50. The molecule has 1 aliphatic rings. The van der Waals surface area contributed by atoms with Crippen LogP contribution in [0.15, 0.2) is 0 Å². The number of carbonyl (C=O) groups excluding carboxylic acids is 2. The molecule has 3 amide bonds. The van der Waals surface area contributed by atoms with Gasteiger partial charge in [-0.3, -0.25) is 4.79 Å². The maximum Gasteiger partial charge on any atom is 0.317 e. The van der Waals surface area contributed by atoms with Crippen LogP contribution < -0.4 is 10.6 Å². The molecule has 104 valence electrons. The Kier molecular flexibility index (Phi) is 5.91. The van der Waals surface area contributed by atoms with Crippen molar-refractivity contribution in [1.29, 1.82) is 0 Å². The highest BCUT2D eigenvalue weighted by Crippen LogP contribution is 2.08. The van der Waals surface area contributed by atoms with Gasteiger partial charge in [-0.15, -0.1) is 0 Å². The molecule has 0 aliphatic carbocycles. The van der Waals surface area contributed by atoms with Gasteiger partial charge in [-0.25, -0.2) is 4.79 Å². The lowest BCUT2D eigenvalue weighted by molar-refractivity contribution is -0.120. The molecule has 0 radical (unpaired) electrons. The Hall–Kier alpha value is -1.30. The molecule has 0 bridgehead atoms. The van der Waals surface area contributed by atoms with Crippen molar-refractivity contribution in [1.82, 2.24) is 20.4 Å². The Morgan fingerprint density at radius 2 is 2.11 bits per heavy atom. The minimum atomic E-state index is -0.246. The molecule has 1 saturated heterocycles. The largest absolute Gasteiger partial charge is 0.350 e. The molecule has 0 aromatic rings. The minimum absolute atomic E-state index is 0.0429. The van der Waals surface area contributed by atoms with Crippen LogP contribution in [0.25, 0.3) is 0 Å². The van der Waals surface area contributed by atoms with E-state index in [2.05, 4.69) is 22.5 Å². The molecule has 0 unspecified atom stereocenters. The molecule has 1 atom stereocenters. The zero-order chi connectivity index (χ0) is 13.5. The van der Waals surface area contributed by atoms with Crippen molar-refractivity contribution in [2.75, 3.05) is 40.3 Å². The molecular formula is C12H24N4O2. The van der Waals surface area contributed by atoms with Crippen molar-refractivity contribution in [3.8, 4) is 0 Å². The van der Waals surface area contributed by atoms with Gasteiger partial charge in [-0.05, 0) is 19.4 Å². The highest BCUT2D eigenvalue weighted by molar-refractivity contribution is 5.83. The lowest BCUT2D eigenvalue weighted by Gasteiger charge is -2.16. The lowest BCUT2D eigenvalue weighted by Crippen LogP contribution is -2.45. The van der Waals surface area contributed by atoms with Crippen molar-refractivity contribution in [2.24, 2.45) is 0 Å². The maximum absolute atomic E-state index is 11.6. The van der Waals surface area contributed by atoms with Gasteiger partial charge in [0.2, 0.25) is 5.91 Å². The summed E-state index contributed by atoms with van der Waals surface area (Å²) in [5.41, 5.74) is 0. The van der Waals surface area contributed by atoms with E-state index in [1.165, 1.54) is 4.90 Å². The Labute approximate surface area is 109 Å². The second-order valence-electron chi connectivity index (χ2n) is 4.91. The van der Waals surface area contributed by atoms with Gasteiger partial charge in [0.05, 0.1) is 6.54 Å². The molecule has 18 heavy (non-hydrogen) atoms. The fraction of sp³-hybridized carbons (Fsp3) is 0.833. The zero-order valence-electron chi connectivity index (χ0n) is 11.5. The molecule has 1 aliphatic heterocycles. The third-order valence-electron chi connectivity index (χ3n) is 2.98. The predicted molar refractivity (Wildman–Crippen MR) is 70.4 cm³/mol. The van der Waals surface area contributed by atoms with Crippen molar-refractivity contribution in [2.45, 2.75) is 25.8 Å². The number of urea groups is 1. The first-order chi connectivity index (χ1) is 8.52. The normalized spacial score (nSPS) is 19.6. The smallest absolute Gasteiger partial charge is 0.317 e. The zero-order valence-corrected chi connectivity index (χ0v) is 11.5. The number of hydrogen-bond acceptors (Lipinski definition) is 3. The number of rotatable bonds is 5. The van der Waals surface area contributed by atoms with Crippen LogP contribution in [-0.2, 0) is 4.79 Å². The number of hydrogen-bond donors (Lipinski definition) is 2. The average Bonchev–Trinajstić information content (AvgIpc) is 2.73. The second-order valence-corrected chi connectivity index (χ2v) is 4.91. The van der Waals surface area contributed by atoms with E-state index in [4.69, 9.17) is 0 Å². The molecule has 6 heteroatoms. The number of likely N-dealkylation sites (tertiary alicyclic amines) is 1. The van der Waals surface area contributed by atoms with Gasteiger partial charge in [-0.1, -0.05) is 6.92 Å². The van der Waals surface area contributed by atoms with E-state index in [9.17, 15) is 9.59 Å². The predicted octanol–water partition coefficient (Wildman–Crippen LogP) is -0.142. The quantitative estimate of drug-likeness (QED) is 0.719. The first kappa shape index (κ1) is 14.8. The Bertz CT molecular complexity index is 294. The summed E-state index contributed by atoms with van der Waals surface area (Å²) in [4.78, 5) is 26.6. The SMILES string of the molecule is CCCN1CC[C@@H](NC(=O)CNC(=O)N(C)C)C1. The number of nitrogens with one attached hydrogen (secondary N) is 2. The van der Waals surface area contributed by atoms with Crippen molar-refractivity contribution < 1.29 is 9.59 Å². The number of amides is 3. The summed E-state index contributed by atoms with van der Waals surface area (Å²) in [5.74, 6) is -0.117. The highest BCUT2D eigenvalue weighted by atomic mass is 16.2. The monoisotopic (exact) mass is 256 g/mol. The first-order valence-corrected chi connectivity index (χ1v) is 6.49. The molecule has 0 spiro atoms. The number of carbonyl (C=O) groups is 2. The highest BCUT2D eigenvalue weighted by Gasteiger charge is 2.22. The summed E-state index contributed by atoms with van der Waals surface area (Å²) < 4.78 is 0. The maximum atomic E-state index is 11.6. The van der Waals surface area contributed by atoms with Crippen LogP contribution in [0.3, 0.4) is 0 Å². The van der Waals surface area contributed by atoms with Crippen molar-refractivity contribution in [3.63, 3.8) is 0 Å². The van der Waals surface area contributed by atoms with E-state index in [1.807, 2.05) is 0 Å². The molecule has 0 aromatic carbocycles. The van der Waals surface area contributed by atoms with Crippen LogP contribution in [0, 0.1) is 0 Å². The summed E-state index contributed by atoms with van der Waals surface area (Å²) >= 11 is 0. The standard InChI is InChI=1S/C12H24N4O2/c1-4-6-16-7-5-10(9-16)14-11(17)8-13-12(18)15(2)3/h10H,4-9H2,1-3H3,(H,13,18)(H,14,17)/t10-/m1/s1. The third kappa shape index (κ3) is 4.91. The van der Waals surface area contributed by atoms with E-state index < -0.39 is 0 Å². The fourth-order valence-corrected chi connectivity index (χ4v) is 2.06. The Morgan fingerprint density at radius 1 is 1.39 bits per heavy atom. The van der Waals surface area contributed by atoms with Crippen molar-refractivity contribution >= 4 is 11.9 Å². The molecule has 1 heterocycles. The topological polar surface area (TPSA) is 64.7 Å². The van der Waals surface area contributed by atoms with E-state index in [0.717, 1.165) is 32.5 Å². The Morgan fingerprint density at radius 3 is 2.72 bits per heavy atom. The molecule has 1 fully saturated rings. The van der Waals surface area contributed by atoms with Crippen LogP contribution in [0.4, 0.5) is 4.79 Å². The van der Waals surface area contributed by atoms with Gasteiger partial charge in [0.25, 0.3) is 0 Å². The van der Waals surface area contributed by atoms with Gasteiger partial charge >= 0.3 is 6.03 Å². The second kappa shape index (κ2) is 7.20. The lowest BCUT2D eigenvalue weighted by atomic mass is 10.2. The van der Waals surface area contributed by atoms with Crippen LogP contribution >= 0.6 is 0 Å². The van der Waals surface area contributed by atoms with E-state index in [0.29, 0.717) is 0 Å². The van der Waals surface area contributed by atoms with Crippen LogP contribution in [0.1, 0.15) is 19.8 Å². The van der Waals surface area contributed by atoms with Gasteiger partial charge in [0.15, 0.2) is 0 Å². The molecule has 0 aromatic heterocycles. The fourth-order valence-electron chi connectivity index (χ4n) is 2.06. The molecule has 2 N–H and O–H groups in total. The van der Waals surface area contributed by atoms with Gasteiger partial charge in [0, 0.05) is 33.2 Å². The van der Waals surface area contributed by atoms with Crippen LogP contribution in [0.5, 0.6) is 0 Å². The molecule has 6 nitrogen and oxygen atoms in total. The summed E-state index contributed by atoms with van der Waals surface area (Å²) in [6.45, 7) is 5.25. The molecule has 0 saturated carbocycles. The van der Waals surface area contributed by atoms with Gasteiger partial charge in [-0.2, -0.15) is 0 Å². The van der Waals surface area contributed by atoms with Gasteiger partial charge < -0.3 is 20.4 Å². The van der Waals surface area contributed by atoms with E-state index in [1.54, 1.807) is 14.1 Å². The molecular weight excluding hydrogens is 232 g/mol. The molecule has 1 rings (SSSR count). The summed E-state index contributed by atoms with van der Waals surface area (Å²) in [6, 6.07) is -0.0236. The number of nitrogens with zero attached hydrogens (tertiary/aromatic N) is 2. The van der Waals surface area contributed by atoms with Gasteiger partial charge in [0.1, 0.15) is 0 Å². The average molecular weight is 256 g/mol. The van der Waals surface area contributed by atoms with E-state index >= 15 is 0 Å².